The number of amides is 2. The summed E-state index contributed by atoms with van der Waals surface area (Å²) in [7, 11) is 0. The second-order valence-corrected chi connectivity index (χ2v) is 6.92. The number of carbonyl (C=O) groups excluding carboxylic acids is 1. The SMILES string of the molecule is O=C(NCc1cccc(C(F)(F)F)c1)Nc1ccc2[nH]c(-c3cscn3)nc2c1. The first-order chi connectivity index (χ1) is 13.9. The largest absolute Gasteiger partial charge is 0.416 e. The average molecular weight is 417 g/mol. The Morgan fingerprint density at radius 3 is 2.79 bits per heavy atom. The summed E-state index contributed by atoms with van der Waals surface area (Å²) in [4.78, 5) is 23.9. The van der Waals surface area contributed by atoms with Crippen molar-refractivity contribution in [1.29, 1.82) is 0 Å². The Kier molecular flexibility index (Phi) is 4.93. The maximum Gasteiger partial charge on any atom is 0.416 e. The smallest absolute Gasteiger partial charge is 0.337 e. The molecule has 0 aliphatic carbocycles. The molecule has 0 spiro atoms. The van der Waals surface area contributed by atoms with Crippen LogP contribution in [0.1, 0.15) is 11.1 Å². The van der Waals surface area contributed by atoms with Gasteiger partial charge in [-0.25, -0.2) is 14.8 Å². The number of nitrogens with one attached hydrogen (secondary N) is 3. The number of rotatable bonds is 4. The van der Waals surface area contributed by atoms with Crippen LogP contribution in [0.4, 0.5) is 23.7 Å². The number of alkyl halides is 3. The first-order valence-corrected chi connectivity index (χ1v) is 9.42. The van der Waals surface area contributed by atoms with Gasteiger partial charge >= 0.3 is 12.2 Å². The lowest BCUT2D eigenvalue weighted by Crippen LogP contribution is -2.28. The fourth-order valence-electron chi connectivity index (χ4n) is 2.75. The molecule has 2 aromatic heterocycles. The summed E-state index contributed by atoms with van der Waals surface area (Å²) in [6.07, 6.45) is -4.42. The second-order valence-electron chi connectivity index (χ2n) is 6.20. The zero-order chi connectivity index (χ0) is 20.4. The van der Waals surface area contributed by atoms with Crippen LogP contribution in [0, 0.1) is 0 Å². The van der Waals surface area contributed by atoms with Crippen LogP contribution in [0.15, 0.2) is 53.4 Å². The molecule has 3 N–H and O–H groups in total. The minimum Gasteiger partial charge on any atom is -0.337 e. The molecule has 0 aliphatic heterocycles. The van der Waals surface area contributed by atoms with E-state index in [1.165, 1.54) is 23.5 Å². The number of nitrogens with zero attached hydrogens (tertiary/aromatic N) is 2. The van der Waals surface area contributed by atoms with Gasteiger partial charge in [0, 0.05) is 17.6 Å². The lowest BCUT2D eigenvalue weighted by atomic mass is 10.1. The highest BCUT2D eigenvalue weighted by atomic mass is 32.1. The number of anilines is 1. The molecule has 0 atom stereocenters. The molecular weight excluding hydrogens is 403 g/mol. The third kappa shape index (κ3) is 4.37. The number of aromatic nitrogens is 3. The topological polar surface area (TPSA) is 82.7 Å². The van der Waals surface area contributed by atoms with Crippen molar-refractivity contribution in [2.45, 2.75) is 12.7 Å². The lowest BCUT2D eigenvalue weighted by Gasteiger charge is -2.10. The molecule has 2 aromatic carbocycles. The van der Waals surface area contributed by atoms with Gasteiger partial charge in [-0.3, -0.25) is 0 Å². The van der Waals surface area contributed by atoms with Gasteiger partial charge < -0.3 is 15.6 Å². The quantitative estimate of drug-likeness (QED) is 0.436. The molecule has 10 heteroatoms. The molecule has 0 saturated carbocycles. The summed E-state index contributed by atoms with van der Waals surface area (Å²) in [5, 5.41) is 7.07. The number of aromatic amines is 1. The van der Waals surface area contributed by atoms with Crippen LogP contribution in [-0.4, -0.2) is 21.0 Å². The molecule has 0 fully saturated rings. The van der Waals surface area contributed by atoms with E-state index in [0.29, 0.717) is 22.6 Å². The third-order valence-electron chi connectivity index (χ3n) is 4.12. The van der Waals surface area contributed by atoms with Crippen LogP contribution in [0.25, 0.3) is 22.6 Å². The van der Waals surface area contributed by atoms with Crippen molar-refractivity contribution >= 4 is 34.1 Å². The Balaban J connectivity index is 1.41. The van der Waals surface area contributed by atoms with Crippen LogP contribution < -0.4 is 10.6 Å². The van der Waals surface area contributed by atoms with E-state index in [1.54, 1.807) is 23.7 Å². The molecule has 29 heavy (non-hydrogen) atoms. The Labute approximate surface area is 166 Å². The first kappa shape index (κ1) is 18.9. The van der Waals surface area contributed by atoms with Crippen LogP contribution >= 0.6 is 11.3 Å². The monoisotopic (exact) mass is 417 g/mol. The highest BCUT2D eigenvalue weighted by Crippen LogP contribution is 2.29. The molecule has 2 heterocycles. The highest BCUT2D eigenvalue weighted by Gasteiger charge is 2.30. The van der Waals surface area contributed by atoms with Crippen molar-refractivity contribution in [1.82, 2.24) is 20.3 Å². The van der Waals surface area contributed by atoms with Crippen molar-refractivity contribution < 1.29 is 18.0 Å². The van der Waals surface area contributed by atoms with Gasteiger partial charge in [-0.15, -0.1) is 11.3 Å². The number of thiazole rings is 1. The van der Waals surface area contributed by atoms with Gasteiger partial charge in [-0.2, -0.15) is 13.2 Å². The fraction of sp³-hybridized carbons (Fsp3) is 0.105. The normalized spacial score (nSPS) is 11.6. The van der Waals surface area contributed by atoms with Crippen LogP contribution in [0.2, 0.25) is 0 Å². The summed E-state index contributed by atoms with van der Waals surface area (Å²) < 4.78 is 38.3. The van der Waals surface area contributed by atoms with Gasteiger partial charge in [0.15, 0.2) is 5.82 Å². The van der Waals surface area contributed by atoms with E-state index >= 15 is 0 Å². The van der Waals surface area contributed by atoms with E-state index in [4.69, 9.17) is 0 Å². The molecule has 0 aliphatic rings. The highest BCUT2D eigenvalue weighted by molar-refractivity contribution is 7.07. The van der Waals surface area contributed by atoms with Crippen molar-refractivity contribution in [3.8, 4) is 11.5 Å². The minimum absolute atomic E-state index is 0.0334. The van der Waals surface area contributed by atoms with Gasteiger partial charge in [-0.1, -0.05) is 12.1 Å². The predicted molar refractivity (Wildman–Crippen MR) is 105 cm³/mol. The predicted octanol–water partition coefficient (Wildman–Crippen LogP) is 5.03. The van der Waals surface area contributed by atoms with Gasteiger partial charge in [0.25, 0.3) is 0 Å². The Hall–Kier alpha value is -3.40. The average Bonchev–Trinajstić information content (AvgIpc) is 3.35. The Morgan fingerprint density at radius 1 is 1.17 bits per heavy atom. The van der Waals surface area contributed by atoms with Gasteiger partial charge in [0.2, 0.25) is 0 Å². The standard InChI is InChI=1S/C19H14F3N5OS/c20-19(21,22)12-3-1-2-11(6-12)8-23-18(28)25-13-4-5-14-15(7-13)27-17(26-14)16-9-29-10-24-16/h1-7,9-10H,8H2,(H,26,27)(H2,23,25,28). The number of halogens is 3. The second kappa shape index (κ2) is 7.55. The van der Waals surface area contributed by atoms with E-state index in [1.807, 2.05) is 5.38 Å². The van der Waals surface area contributed by atoms with Gasteiger partial charge in [0.05, 0.1) is 22.1 Å². The van der Waals surface area contributed by atoms with Crippen molar-refractivity contribution in [2.75, 3.05) is 5.32 Å². The van der Waals surface area contributed by atoms with E-state index < -0.39 is 17.8 Å². The molecule has 0 radical (unpaired) electrons. The Bertz CT molecular complexity index is 1150. The van der Waals surface area contributed by atoms with E-state index in [2.05, 4.69) is 25.6 Å². The van der Waals surface area contributed by atoms with E-state index in [0.717, 1.165) is 23.3 Å². The zero-order valence-electron chi connectivity index (χ0n) is 14.7. The minimum atomic E-state index is -4.42. The number of urea groups is 1. The molecular formula is C19H14F3N5OS. The number of carbonyl (C=O) groups is 1. The summed E-state index contributed by atoms with van der Waals surface area (Å²) >= 11 is 1.46. The third-order valence-corrected chi connectivity index (χ3v) is 4.71. The molecule has 0 saturated heterocycles. The molecule has 4 rings (SSSR count). The summed E-state index contributed by atoms with van der Waals surface area (Å²) in [5.41, 5.74) is 4.01. The van der Waals surface area contributed by atoms with Crippen molar-refractivity contribution in [3.63, 3.8) is 0 Å². The maximum atomic E-state index is 12.8. The summed E-state index contributed by atoms with van der Waals surface area (Å²) in [6.45, 7) is -0.0334. The molecule has 4 aromatic rings. The number of hydrogen-bond donors (Lipinski definition) is 3. The molecule has 2 amide bonds. The van der Waals surface area contributed by atoms with E-state index in [-0.39, 0.29) is 6.54 Å². The van der Waals surface area contributed by atoms with E-state index in [9.17, 15) is 18.0 Å². The van der Waals surface area contributed by atoms with Crippen LogP contribution in [0.5, 0.6) is 0 Å². The molecule has 148 valence electrons. The zero-order valence-corrected chi connectivity index (χ0v) is 15.6. The van der Waals surface area contributed by atoms with Crippen LogP contribution in [-0.2, 0) is 12.7 Å². The summed E-state index contributed by atoms with van der Waals surface area (Å²) in [6, 6.07) is 9.48. The number of fused-ring (bicyclic) bond motifs is 1. The maximum absolute atomic E-state index is 12.8. The van der Waals surface area contributed by atoms with Crippen molar-refractivity contribution in [3.05, 3.63) is 64.5 Å². The van der Waals surface area contributed by atoms with Gasteiger partial charge in [0.1, 0.15) is 5.69 Å². The first-order valence-electron chi connectivity index (χ1n) is 8.48. The summed E-state index contributed by atoms with van der Waals surface area (Å²) in [5.74, 6) is 0.632. The molecule has 6 nitrogen and oxygen atoms in total. The fourth-order valence-corrected chi connectivity index (χ4v) is 3.29. The van der Waals surface area contributed by atoms with Crippen molar-refractivity contribution in [2.24, 2.45) is 0 Å². The number of imidazole rings is 1. The lowest BCUT2D eigenvalue weighted by molar-refractivity contribution is -0.137. The number of H-pyrrole nitrogens is 1. The number of benzene rings is 2. The Morgan fingerprint density at radius 2 is 2.03 bits per heavy atom. The number of hydrogen-bond acceptors (Lipinski definition) is 4. The van der Waals surface area contributed by atoms with Gasteiger partial charge in [-0.05, 0) is 35.9 Å². The van der Waals surface area contributed by atoms with Crippen LogP contribution in [0.3, 0.4) is 0 Å². The molecule has 0 unspecified atom stereocenters. The molecule has 0 bridgehead atoms.